The van der Waals surface area contributed by atoms with Crippen molar-refractivity contribution in [1.29, 1.82) is 0 Å². The summed E-state index contributed by atoms with van der Waals surface area (Å²) in [5, 5.41) is 12.2. The van der Waals surface area contributed by atoms with E-state index >= 15 is 0 Å². The van der Waals surface area contributed by atoms with Crippen molar-refractivity contribution in [2.45, 2.75) is 19.4 Å². The van der Waals surface area contributed by atoms with Crippen molar-refractivity contribution in [2.24, 2.45) is 0 Å². The van der Waals surface area contributed by atoms with Crippen molar-refractivity contribution in [3.63, 3.8) is 0 Å². The van der Waals surface area contributed by atoms with Crippen molar-refractivity contribution in [1.82, 2.24) is 10.4 Å². The number of allylic oxidation sites excluding steroid dienone is 3. The van der Waals surface area contributed by atoms with Crippen LogP contribution < -0.4 is 5.43 Å². The monoisotopic (exact) mass is 198 g/mol. The molecule has 0 radical (unpaired) electrons. The second-order valence-electron chi connectivity index (χ2n) is 3.08. The topological polar surface area (TPSA) is 35.5 Å². The van der Waals surface area contributed by atoms with Gasteiger partial charge in [0.1, 0.15) is 5.76 Å². The molecule has 13 heavy (non-hydrogen) atoms. The van der Waals surface area contributed by atoms with Gasteiger partial charge in [0, 0.05) is 11.2 Å². The molecule has 0 aromatic rings. The average molecular weight is 199 g/mol. The first-order chi connectivity index (χ1) is 6.22. The van der Waals surface area contributed by atoms with Crippen LogP contribution in [0.3, 0.4) is 0 Å². The fourth-order valence-corrected chi connectivity index (χ4v) is 1.64. The normalized spacial score (nSPS) is 26.5. The van der Waals surface area contributed by atoms with Crippen molar-refractivity contribution < 1.29 is 5.11 Å². The number of fused-ring (bicyclic) bond motifs is 1. The third-order valence-corrected chi connectivity index (χ3v) is 2.45. The van der Waals surface area contributed by atoms with E-state index in [0.717, 1.165) is 12.1 Å². The zero-order valence-corrected chi connectivity index (χ0v) is 8.04. The third-order valence-electron chi connectivity index (χ3n) is 2.21. The van der Waals surface area contributed by atoms with Gasteiger partial charge in [-0.3, -0.25) is 5.01 Å². The highest BCUT2D eigenvalue weighted by Gasteiger charge is 2.28. The molecule has 0 aromatic carbocycles. The van der Waals surface area contributed by atoms with Gasteiger partial charge in [-0.25, -0.2) is 5.43 Å². The molecule has 0 saturated carbocycles. The van der Waals surface area contributed by atoms with E-state index in [1.54, 1.807) is 17.2 Å². The standard InChI is InChI=1S/C9H11ClN2O/c1-2-7-9(13)8-5-6(10)3-4-12(8)11-7/h3-5,7,11,13H,2H2,1H3. The highest BCUT2D eigenvalue weighted by molar-refractivity contribution is 6.31. The van der Waals surface area contributed by atoms with Gasteiger partial charge in [-0.15, -0.1) is 0 Å². The molecule has 0 fully saturated rings. The van der Waals surface area contributed by atoms with Crippen LogP contribution in [0.25, 0.3) is 0 Å². The summed E-state index contributed by atoms with van der Waals surface area (Å²) < 4.78 is 0. The number of aliphatic hydroxyl groups excluding tert-OH is 1. The Balaban J connectivity index is 2.35. The van der Waals surface area contributed by atoms with Gasteiger partial charge in [0.15, 0.2) is 0 Å². The second kappa shape index (κ2) is 3.09. The Morgan fingerprint density at radius 3 is 3.15 bits per heavy atom. The number of hydrogen-bond acceptors (Lipinski definition) is 3. The minimum Gasteiger partial charge on any atom is -0.508 e. The maximum absolute atomic E-state index is 9.74. The van der Waals surface area contributed by atoms with E-state index in [0.29, 0.717) is 10.8 Å². The number of nitrogens with zero attached hydrogens (tertiary/aromatic N) is 1. The van der Waals surface area contributed by atoms with Crippen LogP contribution in [0.15, 0.2) is 34.8 Å². The summed E-state index contributed by atoms with van der Waals surface area (Å²) in [5.74, 6) is 0.366. The predicted octanol–water partition coefficient (Wildman–Crippen LogP) is 2.00. The summed E-state index contributed by atoms with van der Waals surface area (Å²) in [6, 6.07) is 0.0125. The Bertz CT molecular complexity index is 320. The molecule has 2 aliphatic rings. The Morgan fingerprint density at radius 2 is 2.46 bits per heavy atom. The summed E-state index contributed by atoms with van der Waals surface area (Å²) in [7, 11) is 0. The number of aliphatic hydroxyl groups is 1. The molecule has 0 amide bonds. The maximum atomic E-state index is 9.74. The molecule has 2 aliphatic heterocycles. The average Bonchev–Trinajstić information content (AvgIpc) is 2.44. The minimum absolute atomic E-state index is 0.0125. The summed E-state index contributed by atoms with van der Waals surface area (Å²) in [6.07, 6.45) is 6.19. The Hall–Kier alpha value is -0.930. The quantitative estimate of drug-likeness (QED) is 0.677. The van der Waals surface area contributed by atoms with Crippen LogP contribution in [0.1, 0.15) is 13.3 Å². The fourth-order valence-electron chi connectivity index (χ4n) is 1.48. The molecule has 0 saturated heterocycles. The number of hydrazine groups is 1. The van der Waals surface area contributed by atoms with Crippen molar-refractivity contribution >= 4 is 11.6 Å². The molecule has 0 aliphatic carbocycles. The van der Waals surface area contributed by atoms with Gasteiger partial charge in [-0.05, 0) is 18.6 Å². The Labute approximate surface area is 82.0 Å². The molecular formula is C9H11ClN2O. The summed E-state index contributed by atoms with van der Waals surface area (Å²) in [6.45, 7) is 2.02. The van der Waals surface area contributed by atoms with Gasteiger partial charge < -0.3 is 5.11 Å². The minimum atomic E-state index is 0.0125. The smallest absolute Gasteiger partial charge is 0.136 e. The van der Waals surface area contributed by atoms with Crippen LogP contribution in [0, 0.1) is 0 Å². The van der Waals surface area contributed by atoms with Crippen LogP contribution in [0.4, 0.5) is 0 Å². The zero-order chi connectivity index (χ0) is 9.42. The molecule has 1 unspecified atom stereocenters. The van der Waals surface area contributed by atoms with Crippen molar-refractivity contribution in [2.75, 3.05) is 0 Å². The Morgan fingerprint density at radius 1 is 1.69 bits per heavy atom. The lowest BCUT2D eigenvalue weighted by atomic mass is 10.2. The first-order valence-corrected chi connectivity index (χ1v) is 4.64. The Kier molecular flexibility index (Phi) is 2.06. The van der Waals surface area contributed by atoms with Crippen LogP contribution in [-0.2, 0) is 0 Å². The van der Waals surface area contributed by atoms with E-state index in [9.17, 15) is 5.11 Å². The van der Waals surface area contributed by atoms with Gasteiger partial charge in [-0.1, -0.05) is 18.5 Å². The van der Waals surface area contributed by atoms with Crippen LogP contribution >= 0.6 is 11.6 Å². The van der Waals surface area contributed by atoms with Crippen LogP contribution in [0.2, 0.25) is 0 Å². The second-order valence-corrected chi connectivity index (χ2v) is 3.51. The number of hydrogen-bond donors (Lipinski definition) is 2. The lowest BCUT2D eigenvalue weighted by molar-refractivity contribution is 0.312. The summed E-state index contributed by atoms with van der Waals surface area (Å²) >= 11 is 5.81. The van der Waals surface area contributed by atoms with Crippen LogP contribution in [0.5, 0.6) is 0 Å². The number of nitrogens with one attached hydrogen (secondary N) is 1. The van der Waals surface area contributed by atoms with E-state index in [1.165, 1.54) is 0 Å². The molecule has 2 heterocycles. The molecule has 0 spiro atoms. The van der Waals surface area contributed by atoms with Gasteiger partial charge in [0.25, 0.3) is 0 Å². The van der Waals surface area contributed by atoms with Gasteiger partial charge in [0.2, 0.25) is 0 Å². The molecule has 70 valence electrons. The SMILES string of the molecule is CCC1NN2C=CC(Cl)=CC2=C1O. The molecule has 2 N–H and O–H groups in total. The molecule has 3 nitrogen and oxygen atoms in total. The molecule has 4 heteroatoms. The highest BCUT2D eigenvalue weighted by Crippen LogP contribution is 2.27. The zero-order valence-electron chi connectivity index (χ0n) is 7.29. The van der Waals surface area contributed by atoms with Gasteiger partial charge in [-0.2, -0.15) is 0 Å². The maximum Gasteiger partial charge on any atom is 0.136 e. The largest absolute Gasteiger partial charge is 0.508 e. The fraction of sp³-hybridized carbons (Fsp3) is 0.333. The van der Waals surface area contributed by atoms with Gasteiger partial charge >= 0.3 is 0 Å². The first kappa shape index (κ1) is 8.66. The molecule has 2 rings (SSSR count). The molecule has 0 bridgehead atoms. The summed E-state index contributed by atoms with van der Waals surface area (Å²) in [4.78, 5) is 0. The highest BCUT2D eigenvalue weighted by atomic mass is 35.5. The van der Waals surface area contributed by atoms with E-state index in [1.807, 2.05) is 13.1 Å². The number of halogens is 1. The number of rotatable bonds is 1. The van der Waals surface area contributed by atoms with E-state index in [-0.39, 0.29) is 6.04 Å². The van der Waals surface area contributed by atoms with E-state index in [4.69, 9.17) is 11.6 Å². The van der Waals surface area contributed by atoms with Crippen molar-refractivity contribution in [3.8, 4) is 0 Å². The van der Waals surface area contributed by atoms with Crippen LogP contribution in [-0.4, -0.2) is 16.2 Å². The predicted molar refractivity (Wildman–Crippen MR) is 51.8 cm³/mol. The third kappa shape index (κ3) is 1.34. The summed E-state index contributed by atoms with van der Waals surface area (Å²) in [5.41, 5.74) is 3.88. The molecular weight excluding hydrogens is 188 g/mol. The van der Waals surface area contributed by atoms with Gasteiger partial charge in [0.05, 0.1) is 11.7 Å². The van der Waals surface area contributed by atoms with E-state index < -0.39 is 0 Å². The molecule has 0 aromatic heterocycles. The van der Waals surface area contributed by atoms with Crippen molar-refractivity contribution in [3.05, 3.63) is 34.8 Å². The van der Waals surface area contributed by atoms with E-state index in [2.05, 4.69) is 5.43 Å². The lowest BCUT2D eigenvalue weighted by Gasteiger charge is -2.19. The molecule has 1 atom stereocenters. The lowest BCUT2D eigenvalue weighted by Crippen LogP contribution is -2.33. The first-order valence-electron chi connectivity index (χ1n) is 4.26.